The molecule has 0 saturated heterocycles. The van der Waals surface area contributed by atoms with Crippen LogP contribution in [0.25, 0.3) is 21.3 Å². The van der Waals surface area contributed by atoms with Crippen molar-refractivity contribution in [2.75, 3.05) is 7.11 Å². The van der Waals surface area contributed by atoms with Gasteiger partial charge in [-0.15, -0.1) is 11.3 Å². The van der Waals surface area contributed by atoms with Gasteiger partial charge in [0.25, 0.3) is 0 Å². The van der Waals surface area contributed by atoms with Crippen molar-refractivity contribution in [1.82, 2.24) is 15.0 Å². The standard InChI is InChI=1S/C19H15N3O2S/c1-23-11-16-21-18(24-14-8-5-9-20-10-14)17-15(12-25-19(17)22-16)13-6-3-2-4-7-13/h2-10,12H,11H2,1H3. The molecule has 4 rings (SSSR count). The highest BCUT2D eigenvalue weighted by Gasteiger charge is 2.17. The van der Waals surface area contributed by atoms with E-state index in [0.29, 0.717) is 24.1 Å². The highest BCUT2D eigenvalue weighted by atomic mass is 32.1. The summed E-state index contributed by atoms with van der Waals surface area (Å²) in [7, 11) is 1.62. The predicted octanol–water partition coefficient (Wildman–Crippen LogP) is 4.69. The third-order valence-corrected chi connectivity index (χ3v) is 4.53. The van der Waals surface area contributed by atoms with Crippen molar-refractivity contribution < 1.29 is 9.47 Å². The van der Waals surface area contributed by atoms with Crippen molar-refractivity contribution in [3.8, 4) is 22.8 Å². The number of pyridine rings is 1. The SMILES string of the molecule is COCc1nc(Oc2cccnc2)c2c(-c3ccccc3)csc2n1. The van der Waals surface area contributed by atoms with E-state index in [4.69, 9.17) is 9.47 Å². The smallest absolute Gasteiger partial charge is 0.232 e. The molecule has 0 saturated carbocycles. The van der Waals surface area contributed by atoms with Gasteiger partial charge in [-0.2, -0.15) is 4.98 Å². The second-order valence-corrected chi connectivity index (χ2v) is 6.22. The number of aromatic nitrogens is 3. The molecule has 0 radical (unpaired) electrons. The van der Waals surface area contributed by atoms with Crippen LogP contribution in [0.1, 0.15) is 5.82 Å². The number of rotatable bonds is 5. The zero-order valence-electron chi connectivity index (χ0n) is 13.5. The van der Waals surface area contributed by atoms with Crippen LogP contribution in [0.15, 0.2) is 60.2 Å². The summed E-state index contributed by atoms with van der Waals surface area (Å²) in [6.07, 6.45) is 3.37. The Bertz CT molecular complexity index is 988. The van der Waals surface area contributed by atoms with Gasteiger partial charge in [0, 0.05) is 24.3 Å². The Balaban J connectivity index is 1.89. The number of ether oxygens (including phenoxy) is 2. The molecule has 1 aromatic carbocycles. The molecule has 0 spiro atoms. The third kappa shape index (κ3) is 3.22. The number of methoxy groups -OCH3 is 1. The van der Waals surface area contributed by atoms with Gasteiger partial charge in [-0.1, -0.05) is 30.3 Å². The van der Waals surface area contributed by atoms with Gasteiger partial charge in [0.05, 0.1) is 11.6 Å². The maximum absolute atomic E-state index is 6.04. The molecule has 25 heavy (non-hydrogen) atoms. The summed E-state index contributed by atoms with van der Waals surface area (Å²) in [6, 6.07) is 13.8. The fourth-order valence-corrected chi connectivity index (χ4v) is 3.53. The van der Waals surface area contributed by atoms with Crippen molar-refractivity contribution in [3.63, 3.8) is 0 Å². The Morgan fingerprint density at radius 1 is 1.04 bits per heavy atom. The molecule has 0 amide bonds. The first-order valence-electron chi connectivity index (χ1n) is 7.75. The van der Waals surface area contributed by atoms with Crippen molar-refractivity contribution >= 4 is 21.6 Å². The molecule has 0 bridgehead atoms. The number of hydrogen-bond acceptors (Lipinski definition) is 6. The first-order chi connectivity index (χ1) is 12.3. The third-order valence-electron chi connectivity index (χ3n) is 3.65. The summed E-state index contributed by atoms with van der Waals surface area (Å²) in [6.45, 7) is 0.331. The minimum atomic E-state index is 0.331. The maximum Gasteiger partial charge on any atom is 0.232 e. The summed E-state index contributed by atoms with van der Waals surface area (Å²) in [5.74, 6) is 1.75. The zero-order chi connectivity index (χ0) is 17.1. The van der Waals surface area contributed by atoms with Gasteiger partial charge in [-0.25, -0.2) is 4.98 Å². The molecule has 0 aliphatic heterocycles. The number of thiophene rings is 1. The van der Waals surface area contributed by atoms with Gasteiger partial charge in [0.15, 0.2) is 5.82 Å². The fraction of sp³-hybridized carbons (Fsp3) is 0.105. The van der Waals surface area contributed by atoms with Crippen LogP contribution in [-0.2, 0) is 11.3 Å². The zero-order valence-corrected chi connectivity index (χ0v) is 14.4. The Labute approximate surface area is 148 Å². The van der Waals surface area contributed by atoms with E-state index in [1.807, 2.05) is 30.3 Å². The van der Waals surface area contributed by atoms with Crippen LogP contribution >= 0.6 is 11.3 Å². The lowest BCUT2D eigenvalue weighted by Gasteiger charge is -2.09. The van der Waals surface area contributed by atoms with Gasteiger partial charge >= 0.3 is 0 Å². The fourth-order valence-electron chi connectivity index (χ4n) is 2.57. The van der Waals surface area contributed by atoms with Crippen LogP contribution in [0.2, 0.25) is 0 Å². The van der Waals surface area contributed by atoms with E-state index in [1.165, 1.54) is 0 Å². The van der Waals surface area contributed by atoms with Crippen molar-refractivity contribution in [1.29, 1.82) is 0 Å². The molecule has 0 aliphatic rings. The van der Waals surface area contributed by atoms with E-state index in [2.05, 4.69) is 32.5 Å². The molecule has 0 N–H and O–H groups in total. The lowest BCUT2D eigenvalue weighted by atomic mass is 10.1. The molecule has 0 atom stereocenters. The van der Waals surface area contributed by atoms with Gasteiger partial charge < -0.3 is 9.47 Å². The number of benzene rings is 1. The quantitative estimate of drug-likeness (QED) is 0.523. The molecule has 3 aromatic heterocycles. The second kappa shape index (κ2) is 6.96. The molecule has 3 heterocycles. The van der Waals surface area contributed by atoms with Crippen LogP contribution < -0.4 is 4.74 Å². The highest BCUT2D eigenvalue weighted by molar-refractivity contribution is 7.17. The molecule has 124 valence electrons. The molecule has 4 aromatic rings. The minimum Gasteiger partial charge on any atom is -0.437 e. The Kier molecular flexibility index (Phi) is 4.37. The largest absolute Gasteiger partial charge is 0.437 e. The average molecular weight is 349 g/mol. The normalized spacial score (nSPS) is 10.9. The first-order valence-corrected chi connectivity index (χ1v) is 8.63. The highest BCUT2D eigenvalue weighted by Crippen LogP contribution is 2.39. The van der Waals surface area contributed by atoms with E-state index < -0.39 is 0 Å². The first kappa shape index (κ1) is 15.7. The number of nitrogens with zero attached hydrogens (tertiary/aromatic N) is 3. The van der Waals surface area contributed by atoms with Crippen LogP contribution in [0.5, 0.6) is 11.6 Å². The number of fused-ring (bicyclic) bond motifs is 1. The summed E-state index contributed by atoms with van der Waals surface area (Å²) in [5.41, 5.74) is 2.16. The Morgan fingerprint density at radius 2 is 1.92 bits per heavy atom. The van der Waals surface area contributed by atoms with E-state index in [-0.39, 0.29) is 0 Å². The summed E-state index contributed by atoms with van der Waals surface area (Å²) >= 11 is 1.57. The molecular formula is C19H15N3O2S. The maximum atomic E-state index is 6.04. The average Bonchev–Trinajstić information content (AvgIpc) is 3.08. The van der Waals surface area contributed by atoms with Crippen LogP contribution in [-0.4, -0.2) is 22.1 Å². The van der Waals surface area contributed by atoms with Crippen LogP contribution in [0, 0.1) is 0 Å². The van der Waals surface area contributed by atoms with E-state index in [1.54, 1.807) is 30.8 Å². The van der Waals surface area contributed by atoms with Gasteiger partial charge in [-0.05, 0) is 17.7 Å². The molecule has 6 heteroatoms. The Hall–Kier alpha value is -2.83. The summed E-state index contributed by atoms with van der Waals surface area (Å²) < 4.78 is 11.2. The molecule has 0 aliphatic carbocycles. The van der Waals surface area contributed by atoms with Crippen molar-refractivity contribution in [3.05, 3.63) is 66.1 Å². The second-order valence-electron chi connectivity index (χ2n) is 5.36. The van der Waals surface area contributed by atoms with Crippen LogP contribution in [0.3, 0.4) is 0 Å². The predicted molar refractivity (Wildman–Crippen MR) is 97.9 cm³/mol. The molecule has 0 unspecified atom stereocenters. The van der Waals surface area contributed by atoms with Crippen molar-refractivity contribution in [2.24, 2.45) is 0 Å². The van der Waals surface area contributed by atoms with Gasteiger partial charge in [0.2, 0.25) is 5.88 Å². The summed E-state index contributed by atoms with van der Waals surface area (Å²) in [5, 5.41) is 2.99. The number of hydrogen-bond donors (Lipinski definition) is 0. The molecule has 5 nitrogen and oxygen atoms in total. The van der Waals surface area contributed by atoms with Gasteiger partial charge in [-0.3, -0.25) is 4.98 Å². The van der Waals surface area contributed by atoms with E-state index >= 15 is 0 Å². The Morgan fingerprint density at radius 3 is 2.68 bits per heavy atom. The lowest BCUT2D eigenvalue weighted by Crippen LogP contribution is -1.99. The minimum absolute atomic E-state index is 0.331. The monoisotopic (exact) mass is 349 g/mol. The van der Waals surface area contributed by atoms with Gasteiger partial charge in [0.1, 0.15) is 17.2 Å². The van der Waals surface area contributed by atoms with Crippen LogP contribution in [0.4, 0.5) is 0 Å². The van der Waals surface area contributed by atoms with E-state index in [9.17, 15) is 0 Å². The molecule has 0 fully saturated rings. The summed E-state index contributed by atoms with van der Waals surface area (Å²) in [4.78, 5) is 14.1. The van der Waals surface area contributed by atoms with E-state index in [0.717, 1.165) is 21.3 Å². The lowest BCUT2D eigenvalue weighted by molar-refractivity contribution is 0.177. The topological polar surface area (TPSA) is 57.1 Å². The van der Waals surface area contributed by atoms with Crippen molar-refractivity contribution in [2.45, 2.75) is 6.61 Å². The molecular weight excluding hydrogens is 334 g/mol.